The number of ether oxygens (including phenoxy) is 1. The molecule has 0 aliphatic carbocycles. The minimum absolute atomic E-state index is 0.0533. The third kappa shape index (κ3) is 3.76. The SMILES string of the molecule is CC(C)c1cccc(O[C@@H]2CCN(C(=O)c3ccc4[nH]ccc4c3)C[C@H]2O)c1. The summed E-state index contributed by atoms with van der Waals surface area (Å²) in [6.45, 7) is 5.12. The molecule has 1 fully saturated rings. The number of likely N-dealkylation sites (tertiary alicyclic amines) is 1. The third-order valence-corrected chi connectivity index (χ3v) is 5.42. The van der Waals surface area contributed by atoms with Crippen molar-refractivity contribution < 1.29 is 14.6 Å². The molecule has 1 aliphatic heterocycles. The van der Waals surface area contributed by atoms with Crippen LogP contribution in [-0.4, -0.2) is 46.2 Å². The number of hydrogen-bond acceptors (Lipinski definition) is 3. The molecule has 0 radical (unpaired) electrons. The van der Waals surface area contributed by atoms with E-state index in [-0.39, 0.29) is 18.6 Å². The number of amides is 1. The second-order valence-electron chi connectivity index (χ2n) is 7.77. The van der Waals surface area contributed by atoms with Crippen molar-refractivity contribution >= 4 is 16.8 Å². The Morgan fingerprint density at radius 2 is 2.07 bits per heavy atom. The van der Waals surface area contributed by atoms with Crippen LogP contribution in [0.25, 0.3) is 10.9 Å². The number of carbonyl (C=O) groups is 1. The van der Waals surface area contributed by atoms with Gasteiger partial charge in [-0.3, -0.25) is 4.79 Å². The van der Waals surface area contributed by atoms with Gasteiger partial charge < -0.3 is 19.7 Å². The van der Waals surface area contributed by atoms with Crippen molar-refractivity contribution in [1.82, 2.24) is 9.88 Å². The number of nitrogens with zero attached hydrogens (tertiary/aromatic N) is 1. The van der Waals surface area contributed by atoms with Crippen LogP contribution in [0, 0.1) is 0 Å². The van der Waals surface area contributed by atoms with E-state index in [1.165, 1.54) is 5.56 Å². The van der Waals surface area contributed by atoms with Crippen LogP contribution in [0.2, 0.25) is 0 Å². The summed E-state index contributed by atoms with van der Waals surface area (Å²) in [5.74, 6) is 1.14. The number of β-amino-alcohol motifs (C(OH)–C–C–N with tert-alkyl or cyclic N) is 1. The molecule has 2 aromatic carbocycles. The van der Waals surface area contributed by atoms with Crippen molar-refractivity contribution in [1.29, 1.82) is 0 Å². The number of aliphatic hydroxyl groups excluding tert-OH is 1. The van der Waals surface area contributed by atoms with E-state index >= 15 is 0 Å². The molecule has 5 nitrogen and oxygen atoms in total. The van der Waals surface area contributed by atoms with E-state index in [4.69, 9.17) is 4.74 Å². The van der Waals surface area contributed by atoms with Crippen molar-refractivity contribution in [2.45, 2.75) is 38.4 Å². The second kappa shape index (κ2) is 7.68. The van der Waals surface area contributed by atoms with E-state index in [0.29, 0.717) is 24.4 Å². The van der Waals surface area contributed by atoms with E-state index in [1.807, 2.05) is 48.7 Å². The van der Waals surface area contributed by atoms with Gasteiger partial charge in [0.2, 0.25) is 0 Å². The van der Waals surface area contributed by atoms with Gasteiger partial charge in [-0.2, -0.15) is 0 Å². The molecule has 2 N–H and O–H groups in total. The first kappa shape index (κ1) is 18.6. The lowest BCUT2D eigenvalue weighted by Crippen LogP contribution is -2.51. The monoisotopic (exact) mass is 378 g/mol. The molecule has 28 heavy (non-hydrogen) atoms. The number of aromatic amines is 1. The van der Waals surface area contributed by atoms with Crippen LogP contribution < -0.4 is 4.74 Å². The van der Waals surface area contributed by atoms with Crippen LogP contribution in [0.4, 0.5) is 0 Å². The van der Waals surface area contributed by atoms with Crippen LogP contribution in [0.3, 0.4) is 0 Å². The number of carbonyl (C=O) groups excluding carboxylic acids is 1. The summed E-state index contributed by atoms with van der Waals surface area (Å²) in [5, 5.41) is 11.6. The Hall–Kier alpha value is -2.79. The number of aliphatic hydroxyl groups is 1. The summed E-state index contributed by atoms with van der Waals surface area (Å²) < 4.78 is 6.05. The van der Waals surface area contributed by atoms with Crippen molar-refractivity contribution in [3.63, 3.8) is 0 Å². The molecule has 1 aliphatic rings. The average Bonchev–Trinajstić information content (AvgIpc) is 3.17. The smallest absolute Gasteiger partial charge is 0.253 e. The molecule has 1 aromatic heterocycles. The van der Waals surface area contributed by atoms with E-state index < -0.39 is 6.10 Å². The summed E-state index contributed by atoms with van der Waals surface area (Å²) in [6, 6.07) is 15.6. The van der Waals surface area contributed by atoms with Gasteiger partial charge in [-0.15, -0.1) is 0 Å². The predicted molar refractivity (Wildman–Crippen MR) is 110 cm³/mol. The molecule has 1 saturated heterocycles. The molecule has 2 heterocycles. The van der Waals surface area contributed by atoms with Crippen LogP contribution in [0.15, 0.2) is 54.7 Å². The van der Waals surface area contributed by atoms with Gasteiger partial charge >= 0.3 is 0 Å². The molecule has 0 unspecified atom stereocenters. The maximum Gasteiger partial charge on any atom is 0.253 e. The van der Waals surface area contributed by atoms with Crippen molar-refractivity contribution in [2.75, 3.05) is 13.1 Å². The fraction of sp³-hybridized carbons (Fsp3) is 0.348. The van der Waals surface area contributed by atoms with Crippen molar-refractivity contribution in [2.24, 2.45) is 0 Å². The third-order valence-electron chi connectivity index (χ3n) is 5.42. The maximum atomic E-state index is 12.9. The van der Waals surface area contributed by atoms with Crippen LogP contribution in [0.1, 0.15) is 42.1 Å². The summed E-state index contributed by atoms with van der Waals surface area (Å²) in [5.41, 5.74) is 2.86. The Balaban J connectivity index is 1.42. The zero-order chi connectivity index (χ0) is 19.7. The molecular formula is C23H26N2O3. The van der Waals surface area contributed by atoms with Gasteiger partial charge in [0.15, 0.2) is 0 Å². The highest BCUT2D eigenvalue weighted by Crippen LogP contribution is 2.25. The fourth-order valence-electron chi connectivity index (χ4n) is 3.72. The Kier molecular flexibility index (Phi) is 5.09. The predicted octanol–water partition coefficient (Wildman–Crippen LogP) is 3.95. The standard InChI is InChI=1S/C23H26N2O3/c1-15(2)16-4-3-5-19(13-16)28-22-9-11-25(14-21(22)26)23(27)18-6-7-20-17(12-18)8-10-24-20/h3-8,10,12-13,15,21-22,24,26H,9,11,14H2,1-2H3/t21-,22-/m1/s1. The summed E-state index contributed by atoms with van der Waals surface area (Å²) in [6.07, 6.45) is 1.44. The van der Waals surface area contributed by atoms with Gasteiger partial charge in [-0.05, 0) is 47.9 Å². The normalized spacial score (nSPS) is 19.9. The second-order valence-corrected chi connectivity index (χ2v) is 7.77. The first-order chi connectivity index (χ1) is 13.5. The summed E-state index contributed by atoms with van der Waals surface area (Å²) >= 11 is 0. The average molecular weight is 378 g/mol. The van der Waals surface area contributed by atoms with Gasteiger partial charge in [0.25, 0.3) is 5.91 Å². The fourth-order valence-corrected chi connectivity index (χ4v) is 3.72. The maximum absolute atomic E-state index is 12.9. The molecule has 0 spiro atoms. The number of fused-ring (bicyclic) bond motifs is 1. The van der Waals surface area contributed by atoms with Gasteiger partial charge in [0.1, 0.15) is 18.0 Å². The molecule has 3 aromatic rings. The minimum Gasteiger partial charge on any atom is -0.488 e. The minimum atomic E-state index is -0.712. The van der Waals surface area contributed by atoms with Crippen LogP contribution in [-0.2, 0) is 0 Å². The van der Waals surface area contributed by atoms with Crippen molar-refractivity contribution in [3.05, 3.63) is 65.9 Å². The van der Waals surface area contributed by atoms with Crippen LogP contribution >= 0.6 is 0 Å². The molecule has 2 atom stereocenters. The Bertz CT molecular complexity index is 979. The Morgan fingerprint density at radius 3 is 2.86 bits per heavy atom. The lowest BCUT2D eigenvalue weighted by molar-refractivity contribution is -0.0199. The molecule has 5 heteroatoms. The van der Waals surface area contributed by atoms with E-state index in [0.717, 1.165) is 16.7 Å². The summed E-state index contributed by atoms with van der Waals surface area (Å²) in [4.78, 5) is 17.7. The number of hydrogen-bond donors (Lipinski definition) is 2. The quantitative estimate of drug-likeness (QED) is 0.723. The largest absolute Gasteiger partial charge is 0.488 e. The topological polar surface area (TPSA) is 65.6 Å². The zero-order valence-corrected chi connectivity index (χ0v) is 16.3. The Morgan fingerprint density at radius 1 is 1.21 bits per heavy atom. The number of benzene rings is 2. The van der Waals surface area contributed by atoms with E-state index in [1.54, 1.807) is 4.90 Å². The van der Waals surface area contributed by atoms with Gasteiger partial charge in [0, 0.05) is 35.6 Å². The highest BCUT2D eigenvalue weighted by molar-refractivity contribution is 5.98. The zero-order valence-electron chi connectivity index (χ0n) is 16.3. The molecule has 1 amide bonds. The first-order valence-corrected chi connectivity index (χ1v) is 9.82. The molecule has 0 saturated carbocycles. The van der Waals surface area contributed by atoms with Crippen LogP contribution in [0.5, 0.6) is 5.75 Å². The number of H-pyrrole nitrogens is 1. The molecular weight excluding hydrogens is 352 g/mol. The van der Waals surface area contributed by atoms with E-state index in [2.05, 4.69) is 24.9 Å². The first-order valence-electron chi connectivity index (χ1n) is 9.82. The molecule has 0 bridgehead atoms. The van der Waals surface area contributed by atoms with Gasteiger partial charge in [0.05, 0.1) is 6.54 Å². The highest BCUT2D eigenvalue weighted by Gasteiger charge is 2.32. The summed E-state index contributed by atoms with van der Waals surface area (Å²) in [7, 11) is 0. The lowest BCUT2D eigenvalue weighted by atomic mass is 10.0. The highest BCUT2D eigenvalue weighted by atomic mass is 16.5. The Labute approximate surface area is 164 Å². The van der Waals surface area contributed by atoms with Gasteiger partial charge in [-0.25, -0.2) is 0 Å². The van der Waals surface area contributed by atoms with Crippen molar-refractivity contribution in [3.8, 4) is 5.75 Å². The number of nitrogens with one attached hydrogen (secondary N) is 1. The van der Waals surface area contributed by atoms with Gasteiger partial charge in [-0.1, -0.05) is 26.0 Å². The molecule has 4 rings (SSSR count). The molecule has 146 valence electrons. The number of rotatable bonds is 4. The number of piperidine rings is 1. The number of aromatic nitrogens is 1. The lowest BCUT2D eigenvalue weighted by Gasteiger charge is -2.36. The van der Waals surface area contributed by atoms with E-state index in [9.17, 15) is 9.90 Å².